The van der Waals surface area contributed by atoms with Crippen LogP contribution >= 0.6 is 0 Å². The second kappa shape index (κ2) is 11.1. The molecular formula is C31H40FN7O2. The van der Waals surface area contributed by atoms with Gasteiger partial charge in [0.1, 0.15) is 0 Å². The fourth-order valence-corrected chi connectivity index (χ4v) is 6.48. The van der Waals surface area contributed by atoms with E-state index in [1.807, 2.05) is 32.0 Å². The lowest BCUT2D eigenvalue weighted by atomic mass is 9.81. The van der Waals surface area contributed by atoms with E-state index in [0.717, 1.165) is 62.6 Å². The van der Waals surface area contributed by atoms with Gasteiger partial charge in [0.2, 0.25) is 5.95 Å². The lowest BCUT2D eigenvalue weighted by molar-refractivity contribution is 0.0632. The molecule has 1 amide bonds. The number of fused-ring (bicyclic) bond motifs is 2. The lowest BCUT2D eigenvalue weighted by Crippen LogP contribution is -2.47. The molecule has 1 aromatic carbocycles. The van der Waals surface area contributed by atoms with Crippen LogP contribution in [0.2, 0.25) is 0 Å². The quantitative estimate of drug-likeness (QED) is 0.425. The monoisotopic (exact) mass is 561 g/mol. The third-order valence-corrected chi connectivity index (χ3v) is 8.95. The fraction of sp³-hybridized carbons (Fsp3) is 0.516. The Morgan fingerprint density at radius 3 is 2.61 bits per heavy atom. The molecule has 218 valence electrons. The molecule has 9 nitrogen and oxygen atoms in total. The molecule has 2 aliphatic heterocycles. The number of ether oxygens (including phenoxy) is 1. The molecule has 10 heteroatoms. The van der Waals surface area contributed by atoms with Gasteiger partial charge in [-0.2, -0.15) is 0 Å². The first-order chi connectivity index (χ1) is 19.8. The van der Waals surface area contributed by atoms with Gasteiger partial charge in [0, 0.05) is 75.8 Å². The smallest absolute Gasteiger partial charge is 0.254 e. The first kappa shape index (κ1) is 27.7. The number of benzene rings is 1. The zero-order chi connectivity index (χ0) is 28.7. The molecule has 2 aromatic heterocycles. The van der Waals surface area contributed by atoms with E-state index in [4.69, 9.17) is 4.74 Å². The summed E-state index contributed by atoms with van der Waals surface area (Å²) in [7, 11) is 4.04. The van der Waals surface area contributed by atoms with Gasteiger partial charge in [0.05, 0.1) is 31.1 Å². The van der Waals surface area contributed by atoms with Crippen LogP contribution in [0.25, 0.3) is 0 Å². The van der Waals surface area contributed by atoms with Gasteiger partial charge in [0.15, 0.2) is 11.6 Å². The van der Waals surface area contributed by atoms with Crippen LogP contribution in [0, 0.1) is 5.82 Å². The molecule has 3 aliphatic rings. The molecule has 3 aromatic rings. The van der Waals surface area contributed by atoms with Crippen LogP contribution in [0.15, 0.2) is 36.8 Å². The van der Waals surface area contributed by atoms with E-state index in [1.54, 1.807) is 12.3 Å². The number of amides is 1. The predicted molar refractivity (Wildman–Crippen MR) is 156 cm³/mol. The zero-order valence-electron chi connectivity index (χ0n) is 24.5. The van der Waals surface area contributed by atoms with Gasteiger partial charge >= 0.3 is 0 Å². The summed E-state index contributed by atoms with van der Waals surface area (Å²) in [6.07, 6.45) is 7.05. The minimum absolute atomic E-state index is 0.00931. The Hall–Kier alpha value is -3.50. The van der Waals surface area contributed by atoms with Crippen molar-refractivity contribution in [2.75, 3.05) is 58.7 Å². The predicted octanol–water partition coefficient (Wildman–Crippen LogP) is 3.90. The highest BCUT2D eigenvalue weighted by molar-refractivity contribution is 5.98. The summed E-state index contributed by atoms with van der Waals surface area (Å²) in [4.78, 5) is 29.9. The summed E-state index contributed by atoms with van der Waals surface area (Å²) < 4.78 is 21.9. The molecule has 1 aliphatic carbocycles. The molecule has 1 saturated heterocycles. The van der Waals surface area contributed by atoms with E-state index in [9.17, 15) is 9.18 Å². The highest BCUT2D eigenvalue weighted by Gasteiger charge is 2.53. The number of nitrogens with one attached hydrogen (secondary N) is 1. The van der Waals surface area contributed by atoms with E-state index in [0.29, 0.717) is 25.4 Å². The van der Waals surface area contributed by atoms with E-state index in [2.05, 4.69) is 48.8 Å². The van der Waals surface area contributed by atoms with Crippen molar-refractivity contribution in [3.8, 4) is 5.75 Å². The van der Waals surface area contributed by atoms with Gasteiger partial charge in [0.25, 0.3) is 5.91 Å². The molecule has 0 radical (unpaired) electrons. The summed E-state index contributed by atoms with van der Waals surface area (Å²) in [5.41, 5.74) is 4.96. The maximum absolute atomic E-state index is 14.3. The van der Waals surface area contributed by atoms with Crippen LogP contribution in [0.1, 0.15) is 65.5 Å². The number of likely N-dealkylation sites (N-methyl/N-ethyl adjacent to an activating group) is 1. The van der Waals surface area contributed by atoms with Gasteiger partial charge in [-0.1, -0.05) is 6.07 Å². The first-order valence-electron chi connectivity index (χ1n) is 14.7. The summed E-state index contributed by atoms with van der Waals surface area (Å²) in [5.74, 6) is 0.481. The number of anilines is 1. The van der Waals surface area contributed by atoms with Crippen LogP contribution in [0.5, 0.6) is 5.75 Å². The van der Waals surface area contributed by atoms with Crippen molar-refractivity contribution in [2.45, 2.75) is 51.2 Å². The average molecular weight is 562 g/mol. The summed E-state index contributed by atoms with van der Waals surface area (Å²) in [5, 5.41) is 3.15. The Bertz CT molecular complexity index is 1430. The molecule has 2 fully saturated rings. The number of hydrogen-bond acceptors (Lipinski definition) is 7. The Morgan fingerprint density at radius 2 is 1.90 bits per heavy atom. The molecule has 0 bridgehead atoms. The molecule has 41 heavy (non-hydrogen) atoms. The minimum Gasteiger partial charge on any atom is -0.491 e. The van der Waals surface area contributed by atoms with Crippen molar-refractivity contribution in [1.82, 2.24) is 29.2 Å². The molecule has 1 saturated carbocycles. The van der Waals surface area contributed by atoms with Gasteiger partial charge in [-0.3, -0.25) is 14.7 Å². The van der Waals surface area contributed by atoms with Crippen LogP contribution < -0.4 is 10.1 Å². The summed E-state index contributed by atoms with van der Waals surface area (Å²) >= 11 is 0. The van der Waals surface area contributed by atoms with Gasteiger partial charge in [-0.25, -0.2) is 9.37 Å². The number of pyridine rings is 1. The molecule has 4 heterocycles. The Kier molecular flexibility index (Phi) is 7.46. The van der Waals surface area contributed by atoms with Crippen molar-refractivity contribution in [1.29, 1.82) is 0 Å². The highest BCUT2D eigenvalue weighted by atomic mass is 19.1. The largest absolute Gasteiger partial charge is 0.491 e. The highest BCUT2D eigenvalue weighted by Crippen LogP contribution is 2.55. The van der Waals surface area contributed by atoms with Crippen molar-refractivity contribution < 1.29 is 13.9 Å². The molecule has 1 spiro atoms. The Morgan fingerprint density at radius 1 is 1.12 bits per heavy atom. The van der Waals surface area contributed by atoms with Crippen molar-refractivity contribution in [2.24, 2.45) is 0 Å². The number of halogens is 1. The standard InChI is InChI=1S/C31H40FN7O2/c1-5-41-27-16-26(35-17-25(27)32)21(2)39-20-31(6-7-31)28-23(19-37-12-10-36(4)11-13-37)14-22(15-24(28)29(39)40)18-38-9-8-34-30(38)33-3/h8-9,14-17,21H,5-7,10-13,18-20H2,1-4H3,(H,33,34)/t21-/m0/s1. The van der Waals surface area contributed by atoms with E-state index in [-0.39, 0.29) is 23.1 Å². The first-order valence-corrected chi connectivity index (χ1v) is 14.7. The molecule has 1 N–H and O–H groups in total. The van der Waals surface area contributed by atoms with Gasteiger partial charge < -0.3 is 24.4 Å². The van der Waals surface area contributed by atoms with E-state index < -0.39 is 5.82 Å². The maximum atomic E-state index is 14.3. The number of aromatic nitrogens is 3. The zero-order valence-corrected chi connectivity index (χ0v) is 24.5. The maximum Gasteiger partial charge on any atom is 0.254 e. The Labute approximate surface area is 241 Å². The fourth-order valence-electron chi connectivity index (χ4n) is 6.48. The number of hydrogen-bond donors (Lipinski definition) is 1. The van der Waals surface area contributed by atoms with Gasteiger partial charge in [-0.15, -0.1) is 0 Å². The number of nitrogens with zero attached hydrogens (tertiary/aromatic N) is 6. The second-order valence-electron chi connectivity index (χ2n) is 11.7. The van der Waals surface area contributed by atoms with Crippen LogP contribution in [-0.2, 0) is 18.5 Å². The molecule has 1 atom stereocenters. The van der Waals surface area contributed by atoms with E-state index in [1.165, 1.54) is 17.3 Å². The number of imidazole rings is 1. The minimum atomic E-state index is -0.490. The number of carbonyl (C=O) groups is 1. The number of piperazine rings is 1. The summed E-state index contributed by atoms with van der Waals surface area (Å²) in [6.45, 7) is 10.4. The van der Waals surface area contributed by atoms with Crippen molar-refractivity contribution in [3.05, 3.63) is 70.6 Å². The normalized spacial score (nSPS) is 19.3. The molecular weight excluding hydrogens is 521 g/mol. The molecule has 0 unspecified atom stereocenters. The third-order valence-electron chi connectivity index (χ3n) is 8.95. The van der Waals surface area contributed by atoms with Crippen molar-refractivity contribution >= 4 is 11.9 Å². The second-order valence-corrected chi connectivity index (χ2v) is 11.7. The van der Waals surface area contributed by atoms with Crippen molar-refractivity contribution in [3.63, 3.8) is 0 Å². The SMILES string of the molecule is CCOc1cc([C@H](C)N2CC3(CC3)c3c(CN4CCN(C)CC4)cc(Cn4ccnc4NC)cc3C2=O)ncc1F. The lowest BCUT2D eigenvalue weighted by Gasteiger charge is -2.40. The summed E-state index contributed by atoms with van der Waals surface area (Å²) in [6, 6.07) is 5.73. The van der Waals surface area contributed by atoms with Crippen LogP contribution in [0.3, 0.4) is 0 Å². The molecule has 6 rings (SSSR count). The van der Waals surface area contributed by atoms with E-state index >= 15 is 0 Å². The Balaban J connectivity index is 1.39. The topological polar surface area (TPSA) is 78.8 Å². The van der Waals surface area contributed by atoms with Gasteiger partial charge in [-0.05, 0) is 56.5 Å². The third kappa shape index (κ3) is 5.30. The average Bonchev–Trinajstić information content (AvgIpc) is 3.59. The number of rotatable bonds is 9. The van der Waals surface area contributed by atoms with Crippen LogP contribution in [0.4, 0.5) is 10.3 Å². The number of carbonyl (C=O) groups excluding carboxylic acids is 1. The van der Waals surface area contributed by atoms with Crippen LogP contribution in [-0.4, -0.2) is 88.6 Å².